The lowest BCUT2D eigenvalue weighted by atomic mass is 10.5. The third-order valence-electron chi connectivity index (χ3n) is 1.59. The molecule has 1 N–H and O–H groups in total. The smallest absolute Gasteiger partial charge is 0.323 e. The lowest BCUT2D eigenvalue weighted by Crippen LogP contribution is -2.24. The number of esters is 1. The summed E-state index contributed by atoms with van der Waals surface area (Å²) in [7, 11) is -3.78. The molecule has 0 aliphatic heterocycles. The van der Waals surface area contributed by atoms with Crippen molar-refractivity contribution < 1.29 is 17.9 Å². The van der Waals surface area contributed by atoms with Gasteiger partial charge in [0.05, 0.1) is 6.61 Å². The quantitative estimate of drug-likeness (QED) is 0.649. The molecule has 1 rings (SSSR count). The van der Waals surface area contributed by atoms with E-state index in [-0.39, 0.29) is 12.4 Å². The zero-order valence-electron chi connectivity index (χ0n) is 9.01. The lowest BCUT2D eigenvalue weighted by Gasteiger charge is -2.06. The highest BCUT2D eigenvalue weighted by Crippen LogP contribution is 2.11. The van der Waals surface area contributed by atoms with Gasteiger partial charge in [0.25, 0.3) is 0 Å². The van der Waals surface area contributed by atoms with Gasteiger partial charge < -0.3 is 4.74 Å². The highest BCUT2D eigenvalue weighted by molar-refractivity contribution is 9.10. The van der Waals surface area contributed by atoms with Gasteiger partial charge in [-0.05, 0) is 35.0 Å². The van der Waals surface area contributed by atoms with E-state index in [9.17, 15) is 13.2 Å². The fourth-order valence-corrected chi connectivity index (χ4v) is 2.26. The van der Waals surface area contributed by atoms with Crippen LogP contribution in [0.15, 0.2) is 22.8 Å². The minimum atomic E-state index is -3.78. The molecule has 94 valence electrons. The lowest BCUT2D eigenvalue weighted by molar-refractivity contribution is -0.139. The predicted molar refractivity (Wildman–Crippen MR) is 66.0 cm³/mol. The van der Waals surface area contributed by atoms with E-state index >= 15 is 0 Å². The second-order valence-electron chi connectivity index (χ2n) is 3.01. The molecule has 0 unspecified atom stereocenters. The monoisotopic (exact) mass is 322 g/mol. The number of carbonyl (C=O) groups is 1. The van der Waals surface area contributed by atoms with Crippen molar-refractivity contribution in [2.24, 2.45) is 0 Å². The van der Waals surface area contributed by atoms with Crippen LogP contribution < -0.4 is 4.72 Å². The van der Waals surface area contributed by atoms with E-state index in [0.29, 0.717) is 4.60 Å². The molecule has 0 saturated heterocycles. The first kappa shape index (κ1) is 13.9. The SMILES string of the molecule is CCOC(=O)CS(=O)(=O)Nc1cccc(Br)n1. The maximum Gasteiger partial charge on any atom is 0.323 e. The molecule has 0 aromatic carbocycles. The molecule has 0 atom stereocenters. The predicted octanol–water partition coefficient (Wildman–Crippen LogP) is 1.15. The molecule has 0 spiro atoms. The fraction of sp³-hybridized carbons (Fsp3) is 0.333. The Bertz CT molecular complexity index is 503. The van der Waals surface area contributed by atoms with Crippen LogP contribution in [-0.4, -0.2) is 31.7 Å². The molecule has 0 amide bonds. The number of pyridine rings is 1. The molecule has 0 fully saturated rings. The van der Waals surface area contributed by atoms with Crippen molar-refractivity contribution in [3.8, 4) is 0 Å². The van der Waals surface area contributed by atoms with Crippen LogP contribution in [0.2, 0.25) is 0 Å². The van der Waals surface area contributed by atoms with E-state index in [1.807, 2.05) is 0 Å². The van der Waals surface area contributed by atoms with Gasteiger partial charge in [0, 0.05) is 0 Å². The molecule has 0 aliphatic carbocycles. The summed E-state index contributed by atoms with van der Waals surface area (Å²) in [5.41, 5.74) is 0. The van der Waals surface area contributed by atoms with Crippen molar-refractivity contribution in [1.29, 1.82) is 0 Å². The number of ether oxygens (including phenoxy) is 1. The Labute approximate surface area is 108 Å². The number of anilines is 1. The zero-order chi connectivity index (χ0) is 12.9. The van der Waals surface area contributed by atoms with Gasteiger partial charge in [-0.3, -0.25) is 9.52 Å². The summed E-state index contributed by atoms with van der Waals surface area (Å²) in [5, 5.41) is 0. The van der Waals surface area contributed by atoms with Crippen LogP contribution in [-0.2, 0) is 19.6 Å². The number of nitrogens with zero attached hydrogens (tertiary/aromatic N) is 1. The van der Waals surface area contributed by atoms with Gasteiger partial charge in [-0.15, -0.1) is 0 Å². The highest BCUT2D eigenvalue weighted by Gasteiger charge is 2.17. The molecule has 0 aliphatic rings. The van der Waals surface area contributed by atoms with Crippen LogP contribution in [0.4, 0.5) is 5.82 Å². The Morgan fingerprint density at radius 2 is 2.24 bits per heavy atom. The molecular formula is C9H11BrN2O4S. The van der Waals surface area contributed by atoms with Crippen molar-refractivity contribution in [2.45, 2.75) is 6.92 Å². The number of sulfonamides is 1. The Balaban J connectivity index is 2.70. The first-order valence-electron chi connectivity index (χ1n) is 4.71. The van der Waals surface area contributed by atoms with Gasteiger partial charge in [-0.1, -0.05) is 6.07 Å². The molecule has 1 aromatic rings. The average Bonchev–Trinajstić information content (AvgIpc) is 2.15. The van der Waals surface area contributed by atoms with Crippen LogP contribution in [0, 0.1) is 0 Å². The van der Waals surface area contributed by atoms with E-state index in [0.717, 1.165) is 0 Å². The largest absolute Gasteiger partial charge is 0.465 e. The third kappa shape index (κ3) is 5.14. The van der Waals surface area contributed by atoms with Crippen molar-refractivity contribution in [3.63, 3.8) is 0 Å². The van der Waals surface area contributed by atoms with E-state index in [4.69, 9.17) is 0 Å². The van der Waals surface area contributed by atoms with Gasteiger partial charge in [0.2, 0.25) is 10.0 Å². The van der Waals surface area contributed by atoms with Crippen LogP contribution in [0.5, 0.6) is 0 Å². The first-order valence-corrected chi connectivity index (χ1v) is 7.16. The van der Waals surface area contributed by atoms with Crippen LogP contribution in [0.25, 0.3) is 0 Å². The molecular weight excluding hydrogens is 312 g/mol. The number of hydrogen-bond acceptors (Lipinski definition) is 5. The summed E-state index contributed by atoms with van der Waals surface area (Å²) in [6.45, 7) is 1.75. The first-order chi connectivity index (χ1) is 7.93. The Morgan fingerprint density at radius 3 is 2.82 bits per heavy atom. The summed E-state index contributed by atoms with van der Waals surface area (Å²) >= 11 is 3.11. The molecule has 0 bridgehead atoms. The van der Waals surface area contributed by atoms with Gasteiger partial charge in [0.1, 0.15) is 10.4 Å². The summed E-state index contributed by atoms with van der Waals surface area (Å²) in [6, 6.07) is 4.76. The minimum absolute atomic E-state index is 0.142. The Hall–Kier alpha value is -1.15. The number of hydrogen-bond donors (Lipinski definition) is 1. The van der Waals surface area contributed by atoms with E-state index < -0.39 is 21.7 Å². The standard InChI is InChI=1S/C9H11BrN2O4S/c1-2-16-9(13)6-17(14,15)12-8-5-3-4-7(10)11-8/h3-5H,2,6H2,1H3,(H,11,12). The molecule has 0 radical (unpaired) electrons. The number of halogens is 1. The molecule has 0 saturated carbocycles. The van der Waals surface area contributed by atoms with Gasteiger partial charge in [-0.25, -0.2) is 13.4 Å². The molecule has 6 nitrogen and oxygen atoms in total. The van der Waals surface area contributed by atoms with E-state index in [2.05, 4.69) is 30.4 Å². The topological polar surface area (TPSA) is 85.4 Å². The Kier molecular flexibility index (Phi) is 4.88. The summed E-state index contributed by atoms with van der Waals surface area (Å²) in [6.07, 6.45) is 0. The Morgan fingerprint density at radius 1 is 1.53 bits per heavy atom. The van der Waals surface area contributed by atoms with Crippen LogP contribution in [0.1, 0.15) is 6.92 Å². The second-order valence-corrected chi connectivity index (χ2v) is 5.55. The van der Waals surface area contributed by atoms with E-state index in [1.165, 1.54) is 6.07 Å². The molecule has 17 heavy (non-hydrogen) atoms. The fourth-order valence-electron chi connectivity index (χ4n) is 1.02. The number of aromatic nitrogens is 1. The average molecular weight is 323 g/mol. The normalized spacial score (nSPS) is 10.9. The molecule has 1 heterocycles. The van der Waals surface area contributed by atoms with Gasteiger partial charge in [-0.2, -0.15) is 0 Å². The van der Waals surface area contributed by atoms with Gasteiger partial charge in [0.15, 0.2) is 5.75 Å². The van der Waals surface area contributed by atoms with E-state index in [1.54, 1.807) is 19.1 Å². The van der Waals surface area contributed by atoms with Crippen molar-refractivity contribution in [2.75, 3.05) is 17.1 Å². The highest BCUT2D eigenvalue weighted by atomic mass is 79.9. The number of carbonyl (C=O) groups excluding carboxylic acids is 1. The van der Waals surface area contributed by atoms with Gasteiger partial charge >= 0.3 is 5.97 Å². The maximum absolute atomic E-state index is 11.5. The second kappa shape index (κ2) is 5.97. The molecule has 8 heteroatoms. The summed E-state index contributed by atoms with van der Waals surface area (Å²) in [5.74, 6) is -1.38. The van der Waals surface area contributed by atoms with Crippen molar-refractivity contribution >= 4 is 37.7 Å². The number of nitrogens with one attached hydrogen (secondary N) is 1. The zero-order valence-corrected chi connectivity index (χ0v) is 11.4. The third-order valence-corrected chi connectivity index (χ3v) is 3.17. The van der Waals surface area contributed by atoms with Crippen molar-refractivity contribution in [1.82, 2.24) is 4.98 Å². The molecule has 1 aromatic heterocycles. The van der Waals surface area contributed by atoms with Crippen molar-refractivity contribution in [3.05, 3.63) is 22.8 Å². The summed E-state index contributed by atoms with van der Waals surface area (Å²) < 4.78 is 30.3. The van der Waals surface area contributed by atoms with Crippen LogP contribution >= 0.6 is 15.9 Å². The van der Waals surface area contributed by atoms with Crippen LogP contribution in [0.3, 0.4) is 0 Å². The summed E-state index contributed by atoms with van der Waals surface area (Å²) in [4.78, 5) is 14.9. The number of rotatable bonds is 5. The minimum Gasteiger partial charge on any atom is -0.465 e. The maximum atomic E-state index is 11.5.